The van der Waals surface area contributed by atoms with Gasteiger partial charge in [0.2, 0.25) is 5.91 Å². The Morgan fingerprint density at radius 1 is 1.42 bits per heavy atom. The summed E-state index contributed by atoms with van der Waals surface area (Å²) in [5, 5.41) is 2.90. The lowest BCUT2D eigenvalue weighted by Crippen LogP contribution is -2.39. The van der Waals surface area contributed by atoms with Crippen molar-refractivity contribution in [1.82, 2.24) is 5.32 Å². The van der Waals surface area contributed by atoms with Crippen LogP contribution in [0.15, 0.2) is 30.3 Å². The molecule has 0 fully saturated rings. The van der Waals surface area contributed by atoms with Crippen LogP contribution in [0, 0.1) is 5.92 Å². The first-order valence-electron chi connectivity index (χ1n) is 6.25. The highest BCUT2D eigenvalue weighted by Crippen LogP contribution is 2.09. The minimum atomic E-state index is -0.424. The number of thiocarbonyl (C=S) groups is 1. The maximum absolute atomic E-state index is 12.1. The van der Waals surface area contributed by atoms with Gasteiger partial charge in [-0.1, -0.05) is 42.5 Å². The van der Waals surface area contributed by atoms with Crippen molar-refractivity contribution in [2.45, 2.75) is 12.8 Å². The van der Waals surface area contributed by atoms with Crippen LogP contribution in [0.4, 0.5) is 0 Å². The van der Waals surface area contributed by atoms with E-state index in [1.165, 1.54) is 0 Å². The van der Waals surface area contributed by atoms with Crippen LogP contribution in [-0.4, -0.2) is 29.4 Å². The fourth-order valence-electron chi connectivity index (χ4n) is 1.72. The Morgan fingerprint density at radius 3 is 2.68 bits per heavy atom. The Morgan fingerprint density at radius 2 is 2.11 bits per heavy atom. The molecule has 0 aromatic heterocycles. The van der Waals surface area contributed by atoms with E-state index >= 15 is 0 Å². The topological polar surface area (TPSA) is 55.1 Å². The molecule has 1 unspecified atom stereocenters. The molecule has 19 heavy (non-hydrogen) atoms. The fraction of sp³-hybridized carbons (Fsp3) is 0.429. The molecule has 0 aliphatic heterocycles. The van der Waals surface area contributed by atoms with Crippen molar-refractivity contribution >= 4 is 34.9 Å². The molecule has 0 aliphatic rings. The molecule has 5 heteroatoms. The first kappa shape index (κ1) is 16.0. The van der Waals surface area contributed by atoms with E-state index in [0.717, 1.165) is 17.7 Å². The van der Waals surface area contributed by atoms with Crippen LogP contribution in [-0.2, 0) is 11.2 Å². The van der Waals surface area contributed by atoms with Crippen LogP contribution < -0.4 is 11.1 Å². The van der Waals surface area contributed by atoms with Gasteiger partial charge in [0.05, 0.1) is 10.9 Å². The first-order chi connectivity index (χ1) is 9.15. The Kier molecular flexibility index (Phi) is 7.52. The monoisotopic (exact) mass is 296 g/mol. The number of rotatable bonds is 8. The van der Waals surface area contributed by atoms with Crippen molar-refractivity contribution < 1.29 is 4.79 Å². The molecule has 0 heterocycles. The van der Waals surface area contributed by atoms with E-state index in [4.69, 9.17) is 18.0 Å². The van der Waals surface area contributed by atoms with Crippen molar-refractivity contribution in [3.05, 3.63) is 35.9 Å². The van der Waals surface area contributed by atoms with E-state index in [2.05, 4.69) is 11.6 Å². The number of benzene rings is 1. The molecule has 1 aromatic carbocycles. The van der Waals surface area contributed by atoms with Crippen LogP contribution in [0.1, 0.15) is 12.0 Å². The van der Waals surface area contributed by atoms with Crippen LogP contribution in [0.5, 0.6) is 0 Å². The van der Waals surface area contributed by atoms with Gasteiger partial charge in [-0.3, -0.25) is 4.79 Å². The summed E-state index contributed by atoms with van der Waals surface area (Å²) in [6, 6.07) is 9.80. The molecular weight excluding hydrogens is 276 g/mol. The van der Waals surface area contributed by atoms with Gasteiger partial charge in [-0.05, 0) is 30.4 Å². The molecule has 0 aliphatic carbocycles. The molecule has 1 atom stereocenters. The number of nitrogens with two attached hydrogens (primary N) is 1. The zero-order valence-electron chi connectivity index (χ0n) is 11.1. The zero-order chi connectivity index (χ0) is 14.1. The van der Waals surface area contributed by atoms with E-state index < -0.39 is 5.92 Å². The normalized spacial score (nSPS) is 11.8. The third kappa shape index (κ3) is 6.07. The summed E-state index contributed by atoms with van der Waals surface area (Å²) in [6.07, 6.45) is 3.57. The third-order valence-electron chi connectivity index (χ3n) is 2.77. The van der Waals surface area contributed by atoms with Crippen LogP contribution in [0.3, 0.4) is 0 Å². The highest BCUT2D eigenvalue weighted by molar-refractivity contribution is 7.98. The largest absolute Gasteiger partial charge is 0.393 e. The summed E-state index contributed by atoms with van der Waals surface area (Å²) < 4.78 is 0. The van der Waals surface area contributed by atoms with Crippen molar-refractivity contribution in [2.75, 3.05) is 18.6 Å². The van der Waals surface area contributed by atoms with Gasteiger partial charge in [-0.2, -0.15) is 11.8 Å². The second kappa shape index (κ2) is 8.93. The van der Waals surface area contributed by atoms with Crippen molar-refractivity contribution in [2.24, 2.45) is 11.7 Å². The Bertz CT molecular complexity index is 409. The molecular formula is C14H20N2OS2. The Labute approximate surface area is 124 Å². The number of carbonyl (C=O) groups excluding carboxylic acids is 1. The molecule has 0 bridgehead atoms. The first-order valence-corrected chi connectivity index (χ1v) is 8.05. The van der Waals surface area contributed by atoms with E-state index in [1.54, 1.807) is 11.8 Å². The van der Waals surface area contributed by atoms with E-state index in [1.807, 2.05) is 30.3 Å². The molecule has 0 saturated carbocycles. The lowest BCUT2D eigenvalue weighted by molar-refractivity contribution is -0.122. The molecule has 104 valence electrons. The minimum absolute atomic E-state index is 0.0718. The maximum atomic E-state index is 12.1. The summed E-state index contributed by atoms with van der Waals surface area (Å²) >= 11 is 6.78. The van der Waals surface area contributed by atoms with Gasteiger partial charge >= 0.3 is 0 Å². The summed E-state index contributed by atoms with van der Waals surface area (Å²) in [4.78, 5) is 12.3. The summed E-state index contributed by atoms with van der Waals surface area (Å²) in [6.45, 7) is 0.674. The number of carbonyl (C=O) groups is 1. The van der Waals surface area contributed by atoms with Gasteiger partial charge in [0.25, 0.3) is 0 Å². The van der Waals surface area contributed by atoms with Crippen LogP contribution >= 0.6 is 24.0 Å². The lowest BCUT2D eigenvalue weighted by Gasteiger charge is -2.15. The smallest absolute Gasteiger partial charge is 0.230 e. The van der Waals surface area contributed by atoms with Crippen molar-refractivity contribution in [3.8, 4) is 0 Å². The number of nitrogens with one attached hydrogen (secondary N) is 1. The lowest BCUT2D eigenvalue weighted by atomic mass is 9.98. The van der Waals surface area contributed by atoms with Gasteiger partial charge in [-0.15, -0.1) is 0 Å². The predicted molar refractivity (Wildman–Crippen MR) is 86.4 cm³/mol. The molecule has 1 amide bonds. The average Bonchev–Trinajstić information content (AvgIpc) is 2.41. The van der Waals surface area contributed by atoms with Crippen molar-refractivity contribution in [1.29, 1.82) is 0 Å². The van der Waals surface area contributed by atoms with E-state index in [-0.39, 0.29) is 10.9 Å². The molecule has 3 nitrogen and oxygen atoms in total. The Balaban J connectivity index is 2.52. The SMILES string of the molecule is CSCCCNC(=O)C(Cc1ccccc1)C(N)=S. The number of hydrogen-bond donors (Lipinski definition) is 2. The highest BCUT2D eigenvalue weighted by atomic mass is 32.2. The quantitative estimate of drug-likeness (QED) is 0.569. The predicted octanol–water partition coefficient (Wildman–Crippen LogP) is 2.00. The van der Waals surface area contributed by atoms with E-state index in [0.29, 0.717) is 13.0 Å². The standard InChI is InChI=1S/C14H20N2OS2/c1-19-9-5-8-16-14(17)12(13(15)18)10-11-6-3-2-4-7-11/h2-4,6-7,12H,5,8-10H2,1H3,(H2,15,18)(H,16,17). The second-order valence-corrected chi connectivity index (χ2v) is 5.74. The van der Waals surface area contributed by atoms with Gasteiger partial charge in [0.1, 0.15) is 0 Å². The van der Waals surface area contributed by atoms with Gasteiger partial charge in [-0.25, -0.2) is 0 Å². The number of amides is 1. The highest BCUT2D eigenvalue weighted by Gasteiger charge is 2.21. The van der Waals surface area contributed by atoms with Crippen molar-refractivity contribution in [3.63, 3.8) is 0 Å². The van der Waals surface area contributed by atoms with Gasteiger partial charge < -0.3 is 11.1 Å². The molecule has 0 radical (unpaired) electrons. The van der Waals surface area contributed by atoms with Crippen LogP contribution in [0.2, 0.25) is 0 Å². The van der Waals surface area contributed by atoms with Gasteiger partial charge in [0.15, 0.2) is 0 Å². The fourth-order valence-corrected chi connectivity index (χ4v) is 2.35. The molecule has 0 spiro atoms. The summed E-state index contributed by atoms with van der Waals surface area (Å²) in [7, 11) is 0. The summed E-state index contributed by atoms with van der Waals surface area (Å²) in [5.41, 5.74) is 6.75. The molecule has 1 aromatic rings. The van der Waals surface area contributed by atoms with Crippen LogP contribution in [0.25, 0.3) is 0 Å². The summed E-state index contributed by atoms with van der Waals surface area (Å²) in [5.74, 6) is 0.542. The number of thioether (sulfide) groups is 1. The molecule has 0 saturated heterocycles. The number of hydrogen-bond acceptors (Lipinski definition) is 3. The Hall–Kier alpha value is -1.07. The second-order valence-electron chi connectivity index (χ2n) is 4.28. The third-order valence-corrected chi connectivity index (χ3v) is 3.75. The molecule has 1 rings (SSSR count). The zero-order valence-corrected chi connectivity index (χ0v) is 12.7. The average molecular weight is 296 g/mol. The maximum Gasteiger partial charge on any atom is 0.230 e. The van der Waals surface area contributed by atoms with Gasteiger partial charge in [0, 0.05) is 6.54 Å². The van der Waals surface area contributed by atoms with E-state index in [9.17, 15) is 4.79 Å². The molecule has 3 N–H and O–H groups in total. The minimum Gasteiger partial charge on any atom is -0.393 e.